The molecule has 80 valence electrons. The van der Waals surface area contributed by atoms with E-state index in [2.05, 4.69) is 40.2 Å². The molecule has 1 aliphatic carbocycles. The Morgan fingerprint density at radius 2 is 2.12 bits per heavy atom. The number of furan rings is 1. The van der Waals surface area contributed by atoms with Crippen molar-refractivity contribution >= 4 is 22.0 Å². The highest BCUT2D eigenvalue weighted by molar-refractivity contribution is 9.10. The number of hydrogen-bond acceptors (Lipinski definition) is 1. The van der Waals surface area contributed by atoms with Crippen molar-refractivity contribution in [2.45, 2.75) is 13.3 Å². The van der Waals surface area contributed by atoms with Crippen LogP contribution in [0.2, 0.25) is 0 Å². The highest BCUT2D eigenvalue weighted by Crippen LogP contribution is 2.34. The molecule has 0 amide bonds. The summed E-state index contributed by atoms with van der Waals surface area (Å²) in [6.07, 6.45) is 5.38. The normalized spacial score (nSPS) is 13.1. The van der Waals surface area contributed by atoms with Gasteiger partial charge in [-0.1, -0.05) is 28.1 Å². The number of hydrogen-bond donors (Lipinski definition) is 0. The molecule has 16 heavy (non-hydrogen) atoms. The van der Waals surface area contributed by atoms with Gasteiger partial charge in [-0.3, -0.25) is 0 Å². The summed E-state index contributed by atoms with van der Waals surface area (Å²) in [5, 5.41) is 0. The quantitative estimate of drug-likeness (QED) is 0.742. The minimum Gasteiger partial charge on any atom is -0.461 e. The summed E-state index contributed by atoms with van der Waals surface area (Å²) in [7, 11) is 0. The Labute approximate surface area is 103 Å². The first-order valence-corrected chi connectivity index (χ1v) is 6.09. The predicted molar refractivity (Wildman–Crippen MR) is 69.3 cm³/mol. The molecule has 1 aliphatic rings. The van der Waals surface area contributed by atoms with Crippen LogP contribution in [0, 0.1) is 6.92 Å². The molecule has 0 bridgehead atoms. The molecule has 1 aromatic carbocycles. The summed E-state index contributed by atoms with van der Waals surface area (Å²) in [6.45, 7) is 1.96. The van der Waals surface area contributed by atoms with Crippen LogP contribution in [0.25, 0.3) is 17.4 Å². The zero-order valence-electron chi connectivity index (χ0n) is 8.96. The lowest BCUT2D eigenvalue weighted by atomic mass is 10.0. The molecular formula is C14H11BrO. The van der Waals surface area contributed by atoms with Crippen LogP contribution in [-0.2, 0) is 6.42 Å². The van der Waals surface area contributed by atoms with E-state index < -0.39 is 0 Å². The molecule has 1 nitrogen and oxygen atoms in total. The molecular weight excluding hydrogens is 264 g/mol. The predicted octanol–water partition coefficient (Wildman–Crippen LogP) is 4.59. The van der Waals surface area contributed by atoms with Crippen LogP contribution in [-0.4, -0.2) is 0 Å². The number of aryl methyl sites for hydroxylation is 1. The third-order valence-electron chi connectivity index (χ3n) is 2.87. The lowest BCUT2D eigenvalue weighted by molar-refractivity contribution is 0.548. The van der Waals surface area contributed by atoms with Crippen LogP contribution in [0.15, 0.2) is 39.2 Å². The van der Waals surface area contributed by atoms with Crippen molar-refractivity contribution in [2.75, 3.05) is 0 Å². The van der Waals surface area contributed by atoms with Crippen LogP contribution >= 0.6 is 15.9 Å². The highest BCUT2D eigenvalue weighted by Gasteiger charge is 2.12. The van der Waals surface area contributed by atoms with Crippen LogP contribution in [0.5, 0.6) is 0 Å². The topological polar surface area (TPSA) is 13.1 Å². The van der Waals surface area contributed by atoms with Gasteiger partial charge in [-0.05, 0) is 48.7 Å². The van der Waals surface area contributed by atoms with E-state index in [4.69, 9.17) is 4.42 Å². The molecule has 0 radical (unpaired) electrons. The average Bonchev–Trinajstić information content (AvgIpc) is 2.84. The van der Waals surface area contributed by atoms with Crippen molar-refractivity contribution < 1.29 is 4.42 Å². The highest BCUT2D eigenvalue weighted by atomic mass is 79.9. The van der Waals surface area contributed by atoms with E-state index in [9.17, 15) is 0 Å². The maximum atomic E-state index is 5.66. The molecule has 0 spiro atoms. The van der Waals surface area contributed by atoms with E-state index in [1.165, 1.54) is 11.1 Å². The fraction of sp³-hybridized carbons (Fsp3) is 0.143. The van der Waals surface area contributed by atoms with Gasteiger partial charge in [-0.15, -0.1) is 0 Å². The van der Waals surface area contributed by atoms with Gasteiger partial charge in [0, 0.05) is 10.0 Å². The number of halogens is 1. The SMILES string of the molecule is Cc1ccc(-c2cc3c(cc2Br)C=CC3)o1. The number of rotatable bonds is 1. The molecule has 0 saturated heterocycles. The van der Waals surface area contributed by atoms with Gasteiger partial charge in [0.25, 0.3) is 0 Å². The van der Waals surface area contributed by atoms with Crippen molar-refractivity contribution in [3.63, 3.8) is 0 Å². The lowest BCUT2D eigenvalue weighted by Crippen LogP contribution is -1.85. The smallest absolute Gasteiger partial charge is 0.135 e. The Morgan fingerprint density at radius 3 is 2.88 bits per heavy atom. The Morgan fingerprint density at radius 1 is 1.25 bits per heavy atom. The van der Waals surface area contributed by atoms with Gasteiger partial charge < -0.3 is 4.42 Å². The summed E-state index contributed by atoms with van der Waals surface area (Å²) in [5.74, 6) is 1.87. The molecule has 2 aromatic rings. The minimum absolute atomic E-state index is 0.930. The fourth-order valence-electron chi connectivity index (χ4n) is 2.05. The number of fused-ring (bicyclic) bond motifs is 1. The van der Waals surface area contributed by atoms with Crippen LogP contribution in [0.1, 0.15) is 16.9 Å². The van der Waals surface area contributed by atoms with E-state index in [-0.39, 0.29) is 0 Å². The van der Waals surface area contributed by atoms with Crippen molar-refractivity contribution in [2.24, 2.45) is 0 Å². The maximum absolute atomic E-state index is 5.66. The first kappa shape index (κ1) is 9.91. The van der Waals surface area contributed by atoms with Crippen LogP contribution in [0.4, 0.5) is 0 Å². The Hall–Kier alpha value is -1.28. The third kappa shape index (κ3) is 1.54. The first-order chi connectivity index (χ1) is 7.74. The second kappa shape index (κ2) is 3.63. The first-order valence-electron chi connectivity index (χ1n) is 5.30. The molecule has 0 unspecified atom stereocenters. The Balaban J connectivity index is 2.16. The summed E-state index contributed by atoms with van der Waals surface area (Å²) in [5.41, 5.74) is 3.81. The Bertz CT molecular complexity index is 578. The van der Waals surface area contributed by atoms with Crippen LogP contribution in [0.3, 0.4) is 0 Å². The molecule has 3 rings (SSSR count). The van der Waals surface area contributed by atoms with Crippen molar-refractivity contribution in [3.05, 3.63) is 51.7 Å². The van der Waals surface area contributed by atoms with E-state index in [1.807, 2.05) is 19.1 Å². The third-order valence-corrected chi connectivity index (χ3v) is 3.53. The van der Waals surface area contributed by atoms with E-state index in [0.29, 0.717) is 0 Å². The Kier molecular flexibility index (Phi) is 2.25. The summed E-state index contributed by atoms with van der Waals surface area (Å²) in [6, 6.07) is 8.38. The molecule has 0 atom stereocenters. The molecule has 1 aromatic heterocycles. The second-order valence-corrected chi connectivity index (χ2v) is 4.90. The van der Waals surface area contributed by atoms with E-state index in [1.54, 1.807) is 0 Å². The van der Waals surface area contributed by atoms with Gasteiger partial charge in [-0.2, -0.15) is 0 Å². The van der Waals surface area contributed by atoms with Gasteiger partial charge in [0.05, 0.1) is 0 Å². The van der Waals surface area contributed by atoms with Crippen molar-refractivity contribution in [1.82, 2.24) is 0 Å². The molecule has 0 aliphatic heterocycles. The van der Waals surface area contributed by atoms with Gasteiger partial charge >= 0.3 is 0 Å². The average molecular weight is 275 g/mol. The zero-order chi connectivity index (χ0) is 11.1. The van der Waals surface area contributed by atoms with Gasteiger partial charge in [-0.25, -0.2) is 0 Å². The second-order valence-electron chi connectivity index (χ2n) is 4.05. The monoisotopic (exact) mass is 274 g/mol. The summed E-state index contributed by atoms with van der Waals surface area (Å²) < 4.78 is 6.75. The molecule has 1 heterocycles. The molecule has 2 heteroatoms. The largest absolute Gasteiger partial charge is 0.461 e. The van der Waals surface area contributed by atoms with Gasteiger partial charge in [0.15, 0.2) is 0 Å². The lowest BCUT2D eigenvalue weighted by Gasteiger charge is -2.05. The number of allylic oxidation sites excluding steroid dienone is 1. The van der Waals surface area contributed by atoms with Crippen molar-refractivity contribution in [3.8, 4) is 11.3 Å². The zero-order valence-corrected chi connectivity index (χ0v) is 10.5. The number of benzene rings is 1. The fourth-order valence-corrected chi connectivity index (χ4v) is 2.60. The van der Waals surface area contributed by atoms with Crippen LogP contribution < -0.4 is 0 Å². The van der Waals surface area contributed by atoms with Gasteiger partial charge in [0.1, 0.15) is 11.5 Å². The summed E-state index contributed by atoms with van der Waals surface area (Å²) >= 11 is 3.60. The van der Waals surface area contributed by atoms with E-state index >= 15 is 0 Å². The van der Waals surface area contributed by atoms with Crippen molar-refractivity contribution in [1.29, 1.82) is 0 Å². The molecule has 0 N–H and O–H groups in total. The summed E-state index contributed by atoms with van der Waals surface area (Å²) in [4.78, 5) is 0. The maximum Gasteiger partial charge on any atom is 0.135 e. The minimum atomic E-state index is 0.930. The molecule has 0 saturated carbocycles. The van der Waals surface area contributed by atoms with Gasteiger partial charge in [0.2, 0.25) is 0 Å². The standard InChI is InChI=1S/C14H11BrO/c1-9-5-6-14(16-9)12-7-10-3-2-4-11(10)8-13(12)15/h2,4-8H,3H2,1H3. The molecule has 0 fully saturated rings. The van der Waals surface area contributed by atoms with E-state index in [0.717, 1.165) is 28.0 Å².